The Balaban J connectivity index is 2.40. The minimum atomic E-state index is -3.61. The van der Waals surface area contributed by atoms with Crippen molar-refractivity contribution in [2.45, 2.75) is 50.5 Å². The Kier molecular flexibility index (Phi) is 6.19. The molecule has 3 heterocycles. The molecule has 0 radical (unpaired) electrons. The maximum Gasteiger partial charge on any atom is 0.368 e. The molecule has 0 saturated carbocycles. The Morgan fingerprint density at radius 3 is 1.35 bits per heavy atom. The van der Waals surface area contributed by atoms with Crippen LogP contribution in [0.15, 0.2) is 0 Å². The maximum atomic E-state index is 12.8. The third-order valence-electron chi connectivity index (χ3n) is 5.57. The highest BCUT2D eigenvalue weighted by Crippen LogP contribution is 2.38. The summed E-state index contributed by atoms with van der Waals surface area (Å²) in [6.45, 7) is -1.60. The second kappa shape index (κ2) is 8.62. The van der Waals surface area contributed by atoms with Gasteiger partial charge < -0.3 is 15.3 Å². The molecule has 3 N–H and O–H groups in total. The van der Waals surface area contributed by atoms with E-state index >= 15 is 0 Å². The van der Waals surface area contributed by atoms with Gasteiger partial charge in [0.05, 0.1) is 0 Å². The van der Waals surface area contributed by atoms with Gasteiger partial charge in [-0.25, -0.2) is 24.3 Å². The van der Waals surface area contributed by atoms with E-state index in [9.17, 15) is 58.5 Å². The molecule has 16 nitrogen and oxygen atoms in total. The molecule has 0 bridgehead atoms. The predicted molar refractivity (Wildman–Crippen MR) is 99.4 cm³/mol. The summed E-state index contributed by atoms with van der Waals surface area (Å²) in [5, 5.41) is 29.7. The van der Waals surface area contributed by atoms with E-state index < -0.39 is 110 Å². The van der Waals surface area contributed by atoms with Crippen molar-refractivity contribution in [2.75, 3.05) is 6.54 Å². The number of carbonyl (C=O) groups is 9. The summed E-state index contributed by atoms with van der Waals surface area (Å²) in [7, 11) is 0. The van der Waals surface area contributed by atoms with E-state index in [4.69, 9.17) is 0 Å². The molecule has 0 spiro atoms. The van der Waals surface area contributed by atoms with Crippen molar-refractivity contribution in [2.24, 2.45) is 0 Å². The minimum Gasteiger partial charge on any atom is -0.480 e. The van der Waals surface area contributed by atoms with E-state index in [1.54, 1.807) is 0 Å². The standard InChI is InChI=1S/C18H18N4O12/c23-8-1-2-9(24)20(8)15(16(31)32)19(7-14(29)30)18(17(33)34,21-10(25)3-4-11(21)26)22-12(27)5-6-13(22)28/h15H,1-7H2,(H,29,30)(H,31,32)(H,33,34). The minimum absolute atomic E-state index is 0.0522. The topological polar surface area (TPSA) is 227 Å². The van der Waals surface area contributed by atoms with E-state index in [2.05, 4.69) is 0 Å². The molecule has 0 aromatic rings. The van der Waals surface area contributed by atoms with Gasteiger partial charge in [0.1, 0.15) is 6.54 Å². The number of hydrogen-bond acceptors (Lipinski definition) is 10. The number of rotatable bonds is 9. The summed E-state index contributed by atoms with van der Waals surface area (Å²) in [6, 6.07) is 0. The molecule has 0 aromatic heterocycles. The number of carboxylic acids is 3. The first kappa shape index (κ1) is 24.4. The highest BCUT2D eigenvalue weighted by Gasteiger charge is 2.68. The lowest BCUT2D eigenvalue weighted by Gasteiger charge is -2.50. The fraction of sp³-hybridized carbons (Fsp3) is 0.500. The molecular weight excluding hydrogens is 464 g/mol. The third-order valence-corrected chi connectivity index (χ3v) is 5.57. The molecule has 6 amide bonds. The average molecular weight is 482 g/mol. The molecule has 0 aromatic carbocycles. The number of nitrogens with zero attached hydrogens (tertiary/aromatic N) is 4. The number of carbonyl (C=O) groups excluding carboxylic acids is 6. The van der Waals surface area contributed by atoms with Gasteiger partial charge in [0.2, 0.25) is 35.4 Å². The van der Waals surface area contributed by atoms with Gasteiger partial charge in [-0.15, -0.1) is 0 Å². The number of carboxylic acid groups (broad SMARTS) is 3. The number of imide groups is 3. The largest absolute Gasteiger partial charge is 0.480 e. The van der Waals surface area contributed by atoms with E-state index in [0.29, 0.717) is 0 Å². The molecule has 3 rings (SSSR count). The van der Waals surface area contributed by atoms with Crippen LogP contribution < -0.4 is 0 Å². The fourth-order valence-electron chi connectivity index (χ4n) is 4.28. The zero-order chi connectivity index (χ0) is 25.5. The third kappa shape index (κ3) is 3.57. The molecule has 1 atom stereocenters. The zero-order valence-corrected chi connectivity index (χ0v) is 17.3. The summed E-state index contributed by atoms with van der Waals surface area (Å²) in [4.78, 5) is 112. The first-order valence-electron chi connectivity index (χ1n) is 9.87. The van der Waals surface area contributed by atoms with Crippen LogP contribution in [0, 0.1) is 0 Å². The molecule has 34 heavy (non-hydrogen) atoms. The van der Waals surface area contributed by atoms with Crippen molar-refractivity contribution in [1.82, 2.24) is 19.6 Å². The van der Waals surface area contributed by atoms with Crippen LogP contribution in [-0.4, -0.2) is 107 Å². The lowest BCUT2D eigenvalue weighted by Crippen LogP contribution is -2.80. The maximum absolute atomic E-state index is 12.8. The van der Waals surface area contributed by atoms with Crippen LogP contribution in [0.2, 0.25) is 0 Å². The number of likely N-dealkylation sites (tertiary alicyclic amines) is 3. The fourth-order valence-corrected chi connectivity index (χ4v) is 4.28. The molecule has 0 aliphatic carbocycles. The summed E-state index contributed by atoms with van der Waals surface area (Å²) in [6.07, 6.45) is -5.97. The van der Waals surface area contributed by atoms with Crippen LogP contribution in [0.3, 0.4) is 0 Å². The molecule has 182 valence electrons. The van der Waals surface area contributed by atoms with Crippen LogP contribution in [0.1, 0.15) is 38.5 Å². The molecule has 3 aliphatic heterocycles. The van der Waals surface area contributed by atoms with Gasteiger partial charge in [0, 0.05) is 38.5 Å². The SMILES string of the molecule is O=C(O)CN(C(C(=O)O)N1C(=O)CCC1=O)C(C(=O)O)(N1C(=O)CCC1=O)N1C(=O)CCC1=O. The smallest absolute Gasteiger partial charge is 0.368 e. The number of amides is 6. The van der Waals surface area contributed by atoms with Crippen LogP contribution in [0.4, 0.5) is 0 Å². The molecule has 3 fully saturated rings. The Bertz CT molecular complexity index is 968. The summed E-state index contributed by atoms with van der Waals surface area (Å²) in [5.41, 5.74) is 0. The van der Waals surface area contributed by atoms with Crippen LogP contribution in [-0.2, 0) is 43.2 Å². The van der Waals surface area contributed by atoms with Crippen LogP contribution in [0.5, 0.6) is 0 Å². The van der Waals surface area contributed by atoms with Gasteiger partial charge in [-0.2, -0.15) is 0 Å². The summed E-state index contributed by atoms with van der Waals surface area (Å²) in [5.74, 6) is -17.1. The van der Waals surface area contributed by atoms with E-state index in [-0.39, 0.29) is 19.6 Å². The van der Waals surface area contributed by atoms with Crippen molar-refractivity contribution < 1.29 is 58.5 Å². The van der Waals surface area contributed by atoms with Gasteiger partial charge in [0.15, 0.2) is 6.17 Å². The average Bonchev–Trinajstić information content (AvgIpc) is 3.36. The van der Waals surface area contributed by atoms with E-state index in [0.717, 1.165) is 0 Å². The molecule has 3 aliphatic rings. The molecule has 3 saturated heterocycles. The summed E-state index contributed by atoms with van der Waals surface area (Å²) >= 11 is 0. The van der Waals surface area contributed by atoms with Gasteiger partial charge in [-0.1, -0.05) is 0 Å². The quantitative estimate of drug-likeness (QED) is 0.278. The molecular formula is C18H18N4O12. The second-order valence-electron chi connectivity index (χ2n) is 7.58. The van der Waals surface area contributed by atoms with Crippen molar-refractivity contribution in [1.29, 1.82) is 0 Å². The first-order valence-corrected chi connectivity index (χ1v) is 9.87. The highest BCUT2D eigenvalue weighted by atomic mass is 16.4. The highest BCUT2D eigenvalue weighted by molar-refractivity contribution is 6.12. The summed E-state index contributed by atoms with van der Waals surface area (Å²) < 4.78 is 0. The molecule has 16 heteroatoms. The van der Waals surface area contributed by atoms with Gasteiger partial charge in [0.25, 0.3) is 5.79 Å². The van der Waals surface area contributed by atoms with Crippen molar-refractivity contribution in [3.8, 4) is 0 Å². The number of aliphatic carboxylic acids is 3. The Hall–Kier alpha value is -4.21. The van der Waals surface area contributed by atoms with Gasteiger partial charge >= 0.3 is 17.9 Å². The van der Waals surface area contributed by atoms with Crippen LogP contribution in [0.25, 0.3) is 0 Å². The molecule has 1 unspecified atom stereocenters. The van der Waals surface area contributed by atoms with Crippen molar-refractivity contribution >= 4 is 53.4 Å². The van der Waals surface area contributed by atoms with Gasteiger partial charge in [-0.05, 0) is 0 Å². The van der Waals surface area contributed by atoms with E-state index in [1.807, 2.05) is 0 Å². The Morgan fingerprint density at radius 1 is 0.706 bits per heavy atom. The lowest BCUT2D eigenvalue weighted by atomic mass is 10.1. The number of hydrogen-bond donors (Lipinski definition) is 3. The predicted octanol–water partition coefficient (Wildman–Crippen LogP) is -3.03. The Morgan fingerprint density at radius 2 is 1.06 bits per heavy atom. The first-order chi connectivity index (χ1) is 15.8. The van der Waals surface area contributed by atoms with Gasteiger partial charge in [-0.3, -0.25) is 38.5 Å². The van der Waals surface area contributed by atoms with Crippen LogP contribution >= 0.6 is 0 Å². The zero-order valence-electron chi connectivity index (χ0n) is 17.3. The Labute approximate surface area is 189 Å². The normalized spacial score (nSPS) is 20.2. The van der Waals surface area contributed by atoms with E-state index in [1.165, 1.54) is 0 Å². The van der Waals surface area contributed by atoms with Crippen molar-refractivity contribution in [3.63, 3.8) is 0 Å². The lowest BCUT2D eigenvalue weighted by molar-refractivity contribution is -0.221. The second-order valence-corrected chi connectivity index (χ2v) is 7.58. The monoisotopic (exact) mass is 482 g/mol. The van der Waals surface area contributed by atoms with Crippen molar-refractivity contribution in [3.05, 3.63) is 0 Å².